The van der Waals surface area contributed by atoms with Crippen LogP contribution in [0.1, 0.15) is 16.1 Å². The molecule has 0 radical (unpaired) electrons. The van der Waals surface area contributed by atoms with Crippen LogP contribution in [0, 0.1) is 0 Å². The summed E-state index contributed by atoms with van der Waals surface area (Å²) >= 11 is 0. The third-order valence-corrected chi connectivity index (χ3v) is 1.98. The quantitative estimate of drug-likeness (QED) is 0.626. The van der Waals surface area contributed by atoms with Crippen LogP contribution < -0.4 is 9.47 Å². The molecule has 0 aliphatic rings. The first-order valence-corrected chi connectivity index (χ1v) is 4.80. The van der Waals surface area contributed by atoms with Crippen molar-refractivity contribution in [1.82, 2.24) is 4.98 Å². The zero-order valence-corrected chi connectivity index (χ0v) is 9.88. The zero-order valence-electron chi connectivity index (χ0n) is 9.88. The van der Waals surface area contributed by atoms with Crippen molar-refractivity contribution in [1.29, 1.82) is 0 Å². The number of alkyl halides is 4. The number of aromatic nitrogens is 1. The minimum Gasteiger partial charge on any atom is -0.481 e. The summed E-state index contributed by atoms with van der Waals surface area (Å²) in [5.41, 5.74) is -1.34. The zero-order chi connectivity index (χ0) is 14.6. The Bertz CT molecular complexity index is 475. The van der Waals surface area contributed by atoms with Gasteiger partial charge in [-0.15, -0.1) is 13.2 Å². The predicted molar refractivity (Wildman–Crippen MR) is 53.6 cm³/mol. The predicted octanol–water partition coefficient (Wildman–Crippen LogP) is 2.24. The van der Waals surface area contributed by atoms with E-state index in [0.29, 0.717) is 0 Å². The second kappa shape index (κ2) is 5.72. The van der Waals surface area contributed by atoms with E-state index in [4.69, 9.17) is 0 Å². The molecule has 0 aliphatic heterocycles. The Morgan fingerprint density at radius 3 is 2.42 bits per heavy atom. The molecule has 1 heterocycles. The van der Waals surface area contributed by atoms with Gasteiger partial charge in [0.15, 0.2) is 11.4 Å². The summed E-state index contributed by atoms with van der Waals surface area (Å²) in [6.45, 7) is -1.30. The molecule has 0 saturated heterocycles. The Kier molecular flexibility index (Phi) is 4.52. The maximum atomic E-state index is 12.7. The molecule has 9 heteroatoms. The maximum absolute atomic E-state index is 12.7. The topological polar surface area (TPSA) is 57.7 Å². The lowest BCUT2D eigenvalue weighted by Gasteiger charge is -2.15. The Hall–Kier alpha value is -2.06. The fourth-order valence-electron chi connectivity index (χ4n) is 1.23. The van der Waals surface area contributed by atoms with E-state index in [1.165, 1.54) is 0 Å². The van der Waals surface area contributed by atoms with Gasteiger partial charge < -0.3 is 14.2 Å². The van der Waals surface area contributed by atoms with Crippen molar-refractivity contribution in [3.63, 3.8) is 0 Å². The first-order valence-electron chi connectivity index (χ1n) is 4.80. The average molecular weight is 283 g/mol. The van der Waals surface area contributed by atoms with Crippen LogP contribution in [0.3, 0.4) is 0 Å². The van der Waals surface area contributed by atoms with E-state index in [-0.39, 0.29) is 5.88 Å². The summed E-state index contributed by atoms with van der Waals surface area (Å²) in [6, 6.07) is 0.896. The summed E-state index contributed by atoms with van der Waals surface area (Å²) in [4.78, 5) is 14.8. The van der Waals surface area contributed by atoms with Gasteiger partial charge in [0, 0.05) is 11.6 Å². The maximum Gasteiger partial charge on any atom is 0.573 e. The van der Waals surface area contributed by atoms with E-state index < -0.39 is 36.0 Å². The van der Waals surface area contributed by atoms with Crippen molar-refractivity contribution in [3.05, 3.63) is 17.3 Å². The minimum atomic E-state index is -5.09. The SMILES string of the molecule is COC(=O)c1nc(OC)cc(CF)c1OC(F)(F)F. The van der Waals surface area contributed by atoms with E-state index in [9.17, 15) is 22.4 Å². The highest BCUT2D eigenvalue weighted by atomic mass is 19.4. The minimum absolute atomic E-state index is 0.234. The van der Waals surface area contributed by atoms with Gasteiger partial charge in [0.1, 0.15) is 6.67 Å². The van der Waals surface area contributed by atoms with Gasteiger partial charge in [-0.3, -0.25) is 0 Å². The van der Waals surface area contributed by atoms with Gasteiger partial charge >= 0.3 is 12.3 Å². The van der Waals surface area contributed by atoms with Gasteiger partial charge in [-0.1, -0.05) is 0 Å². The molecular formula is C10H9F4NO4. The average Bonchev–Trinajstić information content (AvgIpc) is 2.36. The van der Waals surface area contributed by atoms with Crippen molar-refractivity contribution in [3.8, 4) is 11.6 Å². The summed E-state index contributed by atoms with van der Waals surface area (Å²) < 4.78 is 62.0. The molecule has 0 aliphatic carbocycles. The van der Waals surface area contributed by atoms with E-state index in [1.54, 1.807) is 0 Å². The number of ether oxygens (including phenoxy) is 3. The van der Waals surface area contributed by atoms with Gasteiger partial charge in [0.2, 0.25) is 5.88 Å². The molecule has 5 nitrogen and oxygen atoms in total. The molecule has 0 fully saturated rings. The van der Waals surface area contributed by atoms with Crippen molar-refractivity contribution >= 4 is 5.97 Å². The molecule has 1 rings (SSSR count). The number of carbonyl (C=O) groups excluding carboxylic acids is 1. The molecular weight excluding hydrogens is 274 g/mol. The standard InChI is InChI=1S/C10H9F4NO4/c1-17-6-3-5(4-11)8(19-10(12,13)14)7(15-6)9(16)18-2/h3H,4H2,1-2H3. The second-order valence-electron chi connectivity index (χ2n) is 3.17. The van der Waals surface area contributed by atoms with Crippen LogP contribution in [0.25, 0.3) is 0 Å². The second-order valence-corrected chi connectivity index (χ2v) is 3.17. The molecule has 0 unspecified atom stereocenters. The monoisotopic (exact) mass is 283 g/mol. The highest BCUT2D eigenvalue weighted by Crippen LogP contribution is 2.32. The number of hydrogen-bond donors (Lipinski definition) is 0. The number of halogens is 4. The molecule has 19 heavy (non-hydrogen) atoms. The van der Waals surface area contributed by atoms with E-state index in [2.05, 4.69) is 19.2 Å². The molecule has 0 atom stereocenters. The highest BCUT2D eigenvalue weighted by molar-refractivity contribution is 5.91. The van der Waals surface area contributed by atoms with Crippen LogP contribution in [0.4, 0.5) is 17.6 Å². The molecule has 106 valence electrons. The number of esters is 1. The Morgan fingerprint density at radius 1 is 1.37 bits per heavy atom. The third kappa shape index (κ3) is 3.70. The van der Waals surface area contributed by atoms with Gasteiger partial charge in [-0.25, -0.2) is 14.2 Å². The van der Waals surface area contributed by atoms with Crippen LogP contribution in [-0.4, -0.2) is 31.5 Å². The van der Waals surface area contributed by atoms with Gasteiger partial charge in [0.25, 0.3) is 0 Å². The van der Waals surface area contributed by atoms with E-state index in [0.717, 1.165) is 20.3 Å². The van der Waals surface area contributed by atoms with Crippen molar-refractivity contribution < 1.29 is 36.6 Å². The van der Waals surface area contributed by atoms with Gasteiger partial charge in [-0.2, -0.15) is 0 Å². The van der Waals surface area contributed by atoms with E-state index >= 15 is 0 Å². The summed E-state index contributed by atoms with van der Waals surface area (Å²) in [6.07, 6.45) is -5.09. The highest BCUT2D eigenvalue weighted by Gasteiger charge is 2.35. The first-order chi connectivity index (χ1) is 8.82. The fourth-order valence-corrected chi connectivity index (χ4v) is 1.23. The number of hydrogen-bond acceptors (Lipinski definition) is 5. The van der Waals surface area contributed by atoms with Crippen LogP contribution in [0.5, 0.6) is 11.6 Å². The van der Waals surface area contributed by atoms with Crippen molar-refractivity contribution in [2.24, 2.45) is 0 Å². The molecule has 0 spiro atoms. The molecule has 1 aromatic rings. The first kappa shape index (κ1) is 15.0. The number of rotatable bonds is 4. The van der Waals surface area contributed by atoms with Crippen LogP contribution in [0.2, 0.25) is 0 Å². The third-order valence-electron chi connectivity index (χ3n) is 1.98. The smallest absolute Gasteiger partial charge is 0.481 e. The lowest BCUT2D eigenvalue weighted by Crippen LogP contribution is -2.21. The Balaban J connectivity index is 3.41. The van der Waals surface area contributed by atoms with Crippen LogP contribution in [0.15, 0.2) is 6.07 Å². The number of methoxy groups -OCH3 is 2. The molecule has 0 bridgehead atoms. The Morgan fingerprint density at radius 2 is 2.00 bits per heavy atom. The molecule has 1 aromatic heterocycles. The van der Waals surface area contributed by atoms with E-state index in [1.807, 2.05) is 0 Å². The van der Waals surface area contributed by atoms with Crippen LogP contribution >= 0.6 is 0 Å². The van der Waals surface area contributed by atoms with Crippen LogP contribution in [-0.2, 0) is 11.4 Å². The Labute approximate surface area is 105 Å². The summed E-state index contributed by atoms with van der Waals surface area (Å²) in [5.74, 6) is -2.47. The largest absolute Gasteiger partial charge is 0.573 e. The molecule has 0 amide bonds. The molecule has 0 N–H and O–H groups in total. The van der Waals surface area contributed by atoms with Crippen molar-refractivity contribution in [2.75, 3.05) is 14.2 Å². The fraction of sp³-hybridized carbons (Fsp3) is 0.400. The number of nitrogens with zero attached hydrogens (tertiary/aromatic N) is 1. The number of pyridine rings is 1. The van der Waals surface area contributed by atoms with Gasteiger partial charge in [0.05, 0.1) is 14.2 Å². The van der Waals surface area contributed by atoms with Gasteiger partial charge in [-0.05, 0) is 0 Å². The normalized spacial score (nSPS) is 11.1. The lowest BCUT2D eigenvalue weighted by atomic mass is 10.2. The molecule has 0 saturated carbocycles. The summed E-state index contributed by atoms with van der Waals surface area (Å²) in [7, 11) is 2.10. The lowest BCUT2D eigenvalue weighted by molar-refractivity contribution is -0.275. The summed E-state index contributed by atoms with van der Waals surface area (Å²) in [5, 5.41) is 0. The van der Waals surface area contributed by atoms with Crippen molar-refractivity contribution in [2.45, 2.75) is 13.0 Å². The number of carbonyl (C=O) groups is 1. The molecule has 0 aromatic carbocycles.